The summed E-state index contributed by atoms with van der Waals surface area (Å²) in [5, 5.41) is 3.54. The van der Waals surface area contributed by atoms with Crippen molar-refractivity contribution in [3.63, 3.8) is 0 Å². The molecule has 0 aromatic heterocycles. The molecule has 0 atom stereocenters. The van der Waals surface area contributed by atoms with E-state index in [0.29, 0.717) is 22.7 Å². The smallest absolute Gasteiger partial charge is 0.337 e. The molecule has 0 N–H and O–H groups in total. The lowest BCUT2D eigenvalue weighted by atomic mass is 10.2. The third-order valence-electron chi connectivity index (χ3n) is 2.52. The van der Waals surface area contributed by atoms with E-state index in [2.05, 4.69) is 14.8 Å². The Kier molecular flexibility index (Phi) is 4.21. The van der Waals surface area contributed by atoms with E-state index in [9.17, 15) is 4.79 Å². The Hall–Kier alpha value is -2.98. The summed E-state index contributed by atoms with van der Waals surface area (Å²) in [5.74, 6) is 0.556. The number of carbonyl (C=O) groups excluding carboxylic acids is 1. The summed E-state index contributed by atoms with van der Waals surface area (Å²) in [7, 11) is 1.32. The largest absolute Gasteiger partial charge is 0.465 e. The topological polar surface area (TPSA) is 84.3 Å². The molecule has 0 aliphatic carbocycles. The maximum absolute atomic E-state index is 11.3. The zero-order valence-corrected chi connectivity index (χ0v) is 10.7. The predicted molar refractivity (Wildman–Crippen MR) is 73.1 cm³/mol. The van der Waals surface area contributed by atoms with Crippen LogP contribution in [-0.2, 0) is 4.74 Å². The molecular weight excluding hydrogens is 258 g/mol. The number of hydrogen-bond donors (Lipinski definition) is 0. The highest BCUT2D eigenvalue weighted by Crippen LogP contribution is 2.31. The van der Waals surface area contributed by atoms with Crippen LogP contribution in [0.4, 0.5) is 5.69 Å². The van der Waals surface area contributed by atoms with Crippen molar-refractivity contribution < 1.29 is 14.3 Å². The lowest BCUT2D eigenvalue weighted by molar-refractivity contribution is 0.0600. The van der Waals surface area contributed by atoms with E-state index in [1.54, 1.807) is 48.5 Å². The van der Waals surface area contributed by atoms with Gasteiger partial charge in [0.2, 0.25) is 0 Å². The first-order valence-corrected chi connectivity index (χ1v) is 5.75. The van der Waals surface area contributed by atoms with Crippen LogP contribution in [0.2, 0.25) is 0 Å². The van der Waals surface area contributed by atoms with Crippen LogP contribution < -0.4 is 4.74 Å². The van der Waals surface area contributed by atoms with E-state index in [0.717, 1.165) is 0 Å². The van der Waals surface area contributed by atoms with Crippen molar-refractivity contribution in [3.8, 4) is 11.5 Å². The number of rotatable bonds is 4. The van der Waals surface area contributed by atoms with Crippen LogP contribution in [0.3, 0.4) is 0 Å². The molecule has 2 aromatic rings. The standard InChI is InChI=1S/C14H11N3O3/c1-19-14(18)10-6-8-11(9-7-10)20-13-5-3-2-4-12(13)16-17-15/h2-9H,1H3. The van der Waals surface area contributed by atoms with Crippen molar-refractivity contribution in [1.82, 2.24) is 0 Å². The lowest BCUT2D eigenvalue weighted by Crippen LogP contribution is -2.00. The molecule has 0 bridgehead atoms. The molecule has 0 aliphatic rings. The Labute approximate surface area is 115 Å². The first kappa shape index (κ1) is 13.5. The molecule has 0 amide bonds. The van der Waals surface area contributed by atoms with E-state index in [1.807, 2.05) is 0 Å². The summed E-state index contributed by atoms with van der Waals surface area (Å²) in [6.07, 6.45) is 0. The Morgan fingerprint density at radius 1 is 1.15 bits per heavy atom. The Balaban J connectivity index is 2.22. The van der Waals surface area contributed by atoms with Crippen LogP contribution in [0.15, 0.2) is 53.6 Å². The fourth-order valence-corrected chi connectivity index (χ4v) is 1.58. The van der Waals surface area contributed by atoms with Crippen molar-refractivity contribution in [3.05, 3.63) is 64.5 Å². The zero-order valence-electron chi connectivity index (χ0n) is 10.7. The third-order valence-corrected chi connectivity index (χ3v) is 2.52. The number of ether oxygens (including phenoxy) is 2. The van der Waals surface area contributed by atoms with Gasteiger partial charge >= 0.3 is 5.97 Å². The van der Waals surface area contributed by atoms with E-state index in [1.165, 1.54) is 7.11 Å². The zero-order chi connectivity index (χ0) is 14.4. The molecule has 0 saturated carbocycles. The van der Waals surface area contributed by atoms with Crippen molar-refractivity contribution in [2.75, 3.05) is 7.11 Å². The molecule has 100 valence electrons. The second-order valence-electron chi connectivity index (χ2n) is 3.78. The predicted octanol–water partition coefficient (Wildman–Crippen LogP) is 4.21. The van der Waals surface area contributed by atoms with Crippen molar-refractivity contribution >= 4 is 11.7 Å². The maximum Gasteiger partial charge on any atom is 0.337 e. The molecule has 0 radical (unpaired) electrons. The lowest BCUT2D eigenvalue weighted by Gasteiger charge is -2.08. The van der Waals surface area contributed by atoms with Gasteiger partial charge in [0.1, 0.15) is 11.5 Å². The minimum Gasteiger partial charge on any atom is -0.465 e. The summed E-state index contributed by atoms with van der Waals surface area (Å²) in [4.78, 5) is 14.0. The summed E-state index contributed by atoms with van der Waals surface area (Å²) in [5.41, 5.74) is 9.32. The van der Waals surface area contributed by atoms with E-state index >= 15 is 0 Å². The van der Waals surface area contributed by atoms with Gasteiger partial charge in [0, 0.05) is 4.91 Å². The van der Waals surface area contributed by atoms with Gasteiger partial charge in [-0.15, -0.1) is 0 Å². The van der Waals surface area contributed by atoms with Crippen LogP contribution in [0.25, 0.3) is 10.4 Å². The van der Waals surface area contributed by atoms with Gasteiger partial charge in [-0.1, -0.05) is 17.2 Å². The van der Waals surface area contributed by atoms with E-state index in [-0.39, 0.29) is 0 Å². The molecule has 0 spiro atoms. The first-order valence-electron chi connectivity index (χ1n) is 5.75. The van der Waals surface area contributed by atoms with Crippen LogP contribution in [0.1, 0.15) is 10.4 Å². The Morgan fingerprint density at radius 2 is 1.85 bits per heavy atom. The molecule has 6 heteroatoms. The third kappa shape index (κ3) is 3.07. The normalized spacial score (nSPS) is 9.45. The van der Waals surface area contributed by atoms with Crippen LogP contribution in [-0.4, -0.2) is 13.1 Å². The van der Waals surface area contributed by atoms with Gasteiger partial charge in [-0.25, -0.2) is 4.79 Å². The maximum atomic E-state index is 11.3. The highest BCUT2D eigenvalue weighted by molar-refractivity contribution is 5.89. The number of methoxy groups -OCH3 is 1. The number of nitrogens with zero attached hydrogens (tertiary/aromatic N) is 3. The SMILES string of the molecule is COC(=O)c1ccc(Oc2ccccc2N=[N+]=[N-])cc1. The van der Waals surface area contributed by atoms with E-state index < -0.39 is 5.97 Å². The van der Waals surface area contributed by atoms with Gasteiger partial charge in [-0.3, -0.25) is 0 Å². The summed E-state index contributed by atoms with van der Waals surface area (Å²) < 4.78 is 10.2. The molecule has 2 aromatic carbocycles. The Morgan fingerprint density at radius 3 is 2.50 bits per heavy atom. The minimum atomic E-state index is -0.411. The van der Waals surface area contributed by atoms with Gasteiger partial charge < -0.3 is 9.47 Å². The number of hydrogen-bond acceptors (Lipinski definition) is 4. The van der Waals surface area contributed by atoms with Gasteiger partial charge in [0.15, 0.2) is 0 Å². The molecule has 0 heterocycles. The molecule has 0 fully saturated rings. The molecule has 0 unspecified atom stereocenters. The number of carbonyl (C=O) groups is 1. The fraction of sp³-hybridized carbons (Fsp3) is 0.0714. The average Bonchev–Trinajstić information content (AvgIpc) is 2.49. The number of para-hydroxylation sites is 1. The summed E-state index contributed by atoms with van der Waals surface area (Å²) in [6.45, 7) is 0. The van der Waals surface area contributed by atoms with Gasteiger partial charge in [0.05, 0.1) is 18.4 Å². The van der Waals surface area contributed by atoms with Gasteiger partial charge in [0.25, 0.3) is 0 Å². The van der Waals surface area contributed by atoms with Crippen molar-refractivity contribution in [1.29, 1.82) is 0 Å². The van der Waals surface area contributed by atoms with E-state index in [4.69, 9.17) is 10.3 Å². The number of benzene rings is 2. The second kappa shape index (κ2) is 6.26. The second-order valence-corrected chi connectivity index (χ2v) is 3.78. The molecule has 0 aliphatic heterocycles. The summed E-state index contributed by atoms with van der Waals surface area (Å²) in [6, 6.07) is 13.3. The summed E-state index contributed by atoms with van der Waals surface area (Å²) >= 11 is 0. The van der Waals surface area contributed by atoms with Gasteiger partial charge in [-0.2, -0.15) is 0 Å². The van der Waals surface area contributed by atoms with Crippen LogP contribution >= 0.6 is 0 Å². The first-order chi connectivity index (χ1) is 9.74. The number of esters is 1. The fourth-order valence-electron chi connectivity index (χ4n) is 1.58. The van der Waals surface area contributed by atoms with Crippen LogP contribution in [0.5, 0.6) is 11.5 Å². The number of azide groups is 1. The molecule has 6 nitrogen and oxygen atoms in total. The molecule has 20 heavy (non-hydrogen) atoms. The molecule has 2 rings (SSSR count). The highest BCUT2D eigenvalue weighted by Gasteiger charge is 2.06. The van der Waals surface area contributed by atoms with Crippen LogP contribution in [0, 0.1) is 0 Å². The van der Waals surface area contributed by atoms with Gasteiger partial charge in [-0.05, 0) is 41.9 Å². The average molecular weight is 269 g/mol. The quantitative estimate of drug-likeness (QED) is 0.360. The highest BCUT2D eigenvalue weighted by atomic mass is 16.5. The van der Waals surface area contributed by atoms with Crippen molar-refractivity contribution in [2.24, 2.45) is 5.11 Å². The Bertz CT molecular complexity index is 662. The minimum absolute atomic E-state index is 0.395. The molecule has 0 saturated heterocycles. The molecular formula is C14H11N3O3. The van der Waals surface area contributed by atoms with Crippen molar-refractivity contribution in [2.45, 2.75) is 0 Å². The monoisotopic (exact) mass is 269 g/mol.